The first-order valence-electron chi connectivity index (χ1n) is 7.20. The predicted molar refractivity (Wildman–Crippen MR) is 96.5 cm³/mol. The summed E-state index contributed by atoms with van der Waals surface area (Å²) in [6.45, 7) is 0. The van der Waals surface area contributed by atoms with Crippen molar-refractivity contribution in [2.24, 2.45) is 0 Å². The van der Waals surface area contributed by atoms with Gasteiger partial charge in [0, 0.05) is 17.3 Å². The van der Waals surface area contributed by atoms with Gasteiger partial charge in [-0.05, 0) is 24.3 Å². The van der Waals surface area contributed by atoms with Crippen molar-refractivity contribution in [1.29, 1.82) is 0 Å². The molecule has 3 rings (SSSR count). The van der Waals surface area contributed by atoms with Gasteiger partial charge in [-0.25, -0.2) is 9.37 Å². The summed E-state index contributed by atoms with van der Waals surface area (Å²) in [7, 11) is 0. The van der Waals surface area contributed by atoms with Crippen LogP contribution in [0, 0.1) is 5.82 Å². The van der Waals surface area contributed by atoms with Gasteiger partial charge in [-0.3, -0.25) is 9.78 Å². The molecule has 0 spiro atoms. The van der Waals surface area contributed by atoms with E-state index in [1.807, 2.05) is 23.6 Å². The zero-order chi connectivity index (χ0) is 16.8. The lowest BCUT2D eigenvalue weighted by Crippen LogP contribution is -2.15. The summed E-state index contributed by atoms with van der Waals surface area (Å²) in [5, 5.41) is 5.39. The molecule has 1 N–H and O–H groups in total. The predicted octanol–water partition coefficient (Wildman–Crippen LogP) is 4.22. The summed E-state index contributed by atoms with van der Waals surface area (Å²) >= 11 is 2.97. The van der Waals surface area contributed by atoms with Crippen LogP contribution >= 0.6 is 23.1 Å². The van der Waals surface area contributed by atoms with Crippen molar-refractivity contribution in [3.8, 4) is 10.7 Å². The Morgan fingerprint density at radius 3 is 2.83 bits per heavy atom. The number of carbonyl (C=O) groups is 1. The fourth-order valence-corrected chi connectivity index (χ4v) is 3.59. The van der Waals surface area contributed by atoms with Crippen molar-refractivity contribution in [3.05, 3.63) is 65.6 Å². The minimum Gasteiger partial charge on any atom is -0.323 e. The summed E-state index contributed by atoms with van der Waals surface area (Å²) in [5.41, 5.74) is 1.95. The maximum Gasteiger partial charge on any atom is 0.234 e. The van der Waals surface area contributed by atoms with Gasteiger partial charge in [0.15, 0.2) is 0 Å². The van der Waals surface area contributed by atoms with Crippen LogP contribution in [0.25, 0.3) is 10.7 Å². The minimum atomic E-state index is -0.435. The molecule has 3 aromatic rings. The van der Waals surface area contributed by atoms with Gasteiger partial charge in [0.1, 0.15) is 10.8 Å². The van der Waals surface area contributed by atoms with E-state index in [0.717, 1.165) is 16.4 Å². The van der Waals surface area contributed by atoms with Gasteiger partial charge in [0.25, 0.3) is 0 Å². The Morgan fingerprint density at radius 2 is 2.04 bits per heavy atom. The SMILES string of the molecule is O=C(CSCc1csc(-c2ccccn2)n1)Nc1ccccc1F. The number of rotatable bonds is 6. The molecule has 4 nitrogen and oxygen atoms in total. The second-order valence-electron chi connectivity index (χ2n) is 4.88. The van der Waals surface area contributed by atoms with E-state index in [0.29, 0.717) is 5.75 Å². The monoisotopic (exact) mass is 359 g/mol. The van der Waals surface area contributed by atoms with Crippen LogP contribution in [-0.4, -0.2) is 21.6 Å². The fraction of sp³-hybridized carbons (Fsp3) is 0.118. The van der Waals surface area contributed by atoms with Gasteiger partial charge in [-0.1, -0.05) is 18.2 Å². The van der Waals surface area contributed by atoms with Crippen LogP contribution in [0.4, 0.5) is 10.1 Å². The summed E-state index contributed by atoms with van der Waals surface area (Å²) in [4.78, 5) is 20.6. The number of nitrogens with one attached hydrogen (secondary N) is 1. The first-order chi connectivity index (χ1) is 11.7. The number of aromatic nitrogens is 2. The molecule has 24 heavy (non-hydrogen) atoms. The number of nitrogens with zero attached hydrogens (tertiary/aromatic N) is 2. The largest absolute Gasteiger partial charge is 0.323 e. The van der Waals surface area contributed by atoms with Crippen LogP contribution in [0.5, 0.6) is 0 Å². The van der Waals surface area contributed by atoms with Crippen LogP contribution in [0.3, 0.4) is 0 Å². The number of amides is 1. The van der Waals surface area contributed by atoms with Crippen molar-refractivity contribution >= 4 is 34.7 Å². The molecular weight excluding hydrogens is 345 g/mol. The summed E-state index contributed by atoms with van der Waals surface area (Å²) in [6.07, 6.45) is 1.73. The highest BCUT2D eigenvalue weighted by atomic mass is 32.2. The number of para-hydroxylation sites is 1. The lowest BCUT2D eigenvalue weighted by atomic mass is 10.3. The second-order valence-corrected chi connectivity index (χ2v) is 6.72. The molecule has 0 radical (unpaired) electrons. The summed E-state index contributed by atoms with van der Waals surface area (Å²) < 4.78 is 13.5. The molecule has 0 saturated heterocycles. The number of pyridine rings is 1. The van der Waals surface area contributed by atoms with Gasteiger partial charge in [0.2, 0.25) is 5.91 Å². The molecule has 0 unspecified atom stereocenters. The standard InChI is InChI=1S/C17H14FN3OS2/c18-13-5-1-2-6-14(13)21-16(22)11-23-9-12-10-24-17(20-12)15-7-3-4-8-19-15/h1-8,10H,9,11H2,(H,21,22). The van der Waals surface area contributed by atoms with Crippen LogP contribution in [0.15, 0.2) is 54.0 Å². The third-order valence-electron chi connectivity index (χ3n) is 3.07. The Hall–Kier alpha value is -2.25. The first kappa shape index (κ1) is 16.6. The Kier molecular flexibility index (Phi) is 5.55. The number of carbonyl (C=O) groups excluding carboxylic acids is 1. The molecular formula is C17H14FN3OS2. The van der Waals surface area contributed by atoms with E-state index in [1.54, 1.807) is 18.3 Å². The van der Waals surface area contributed by atoms with E-state index in [-0.39, 0.29) is 17.3 Å². The molecule has 2 aromatic heterocycles. The van der Waals surface area contributed by atoms with Crippen LogP contribution < -0.4 is 5.32 Å². The van der Waals surface area contributed by atoms with Crippen molar-refractivity contribution in [2.75, 3.05) is 11.1 Å². The fourth-order valence-electron chi connectivity index (χ4n) is 1.98. The molecule has 0 saturated carbocycles. The summed E-state index contributed by atoms with van der Waals surface area (Å²) in [5.74, 6) is 0.194. The lowest BCUT2D eigenvalue weighted by Gasteiger charge is -2.05. The molecule has 0 aliphatic heterocycles. The van der Waals surface area contributed by atoms with E-state index >= 15 is 0 Å². The number of hydrogen-bond acceptors (Lipinski definition) is 5. The number of anilines is 1. The Labute approximate surface area is 147 Å². The van der Waals surface area contributed by atoms with E-state index in [1.165, 1.54) is 35.2 Å². The third kappa shape index (κ3) is 4.39. The average molecular weight is 359 g/mol. The highest BCUT2D eigenvalue weighted by Crippen LogP contribution is 2.23. The molecule has 1 aromatic carbocycles. The quantitative estimate of drug-likeness (QED) is 0.716. The third-order valence-corrected chi connectivity index (χ3v) is 4.95. The van der Waals surface area contributed by atoms with Gasteiger partial charge in [-0.2, -0.15) is 0 Å². The Morgan fingerprint density at radius 1 is 1.21 bits per heavy atom. The maximum atomic E-state index is 13.5. The zero-order valence-corrected chi connectivity index (χ0v) is 14.2. The minimum absolute atomic E-state index is 0.203. The normalized spacial score (nSPS) is 10.5. The highest BCUT2D eigenvalue weighted by molar-refractivity contribution is 7.99. The van der Waals surface area contributed by atoms with E-state index < -0.39 is 5.82 Å². The number of halogens is 1. The first-order valence-corrected chi connectivity index (χ1v) is 9.24. The molecule has 7 heteroatoms. The molecule has 122 valence electrons. The maximum absolute atomic E-state index is 13.5. The highest BCUT2D eigenvalue weighted by Gasteiger charge is 2.09. The van der Waals surface area contributed by atoms with Gasteiger partial charge < -0.3 is 5.32 Å². The number of thiazole rings is 1. The molecule has 0 fully saturated rings. The Bertz CT molecular complexity index is 823. The van der Waals surface area contributed by atoms with Crippen molar-refractivity contribution in [2.45, 2.75) is 5.75 Å². The molecule has 0 aliphatic rings. The van der Waals surface area contributed by atoms with Crippen LogP contribution in [0.2, 0.25) is 0 Å². The van der Waals surface area contributed by atoms with Gasteiger partial charge in [-0.15, -0.1) is 23.1 Å². The van der Waals surface area contributed by atoms with Gasteiger partial charge >= 0.3 is 0 Å². The van der Waals surface area contributed by atoms with Crippen molar-refractivity contribution in [3.63, 3.8) is 0 Å². The van der Waals surface area contributed by atoms with Crippen molar-refractivity contribution < 1.29 is 9.18 Å². The van der Waals surface area contributed by atoms with Crippen LogP contribution in [-0.2, 0) is 10.5 Å². The molecule has 2 heterocycles. The van der Waals surface area contributed by atoms with E-state index in [2.05, 4.69) is 15.3 Å². The molecule has 1 amide bonds. The Balaban J connectivity index is 1.49. The second kappa shape index (κ2) is 8.03. The molecule has 0 bridgehead atoms. The van der Waals surface area contributed by atoms with Gasteiger partial charge in [0.05, 0.1) is 22.8 Å². The van der Waals surface area contributed by atoms with Crippen LogP contribution in [0.1, 0.15) is 5.69 Å². The zero-order valence-electron chi connectivity index (χ0n) is 12.6. The lowest BCUT2D eigenvalue weighted by molar-refractivity contribution is -0.113. The van der Waals surface area contributed by atoms with Crippen molar-refractivity contribution in [1.82, 2.24) is 9.97 Å². The number of thioether (sulfide) groups is 1. The topological polar surface area (TPSA) is 54.9 Å². The average Bonchev–Trinajstić information content (AvgIpc) is 3.07. The summed E-state index contributed by atoms with van der Waals surface area (Å²) in [6, 6.07) is 11.8. The van der Waals surface area contributed by atoms with E-state index in [4.69, 9.17) is 0 Å². The number of benzene rings is 1. The number of hydrogen-bond donors (Lipinski definition) is 1. The molecule has 0 aliphatic carbocycles. The molecule has 0 atom stereocenters. The van der Waals surface area contributed by atoms with E-state index in [9.17, 15) is 9.18 Å². The smallest absolute Gasteiger partial charge is 0.234 e.